The molecule has 5 atom stereocenters. The summed E-state index contributed by atoms with van der Waals surface area (Å²) in [7, 11) is 0.434. The SMILES string of the molecule is O=C(CP=S)NC1C(O)OC(CO)C(O)C1O. The van der Waals surface area contributed by atoms with Gasteiger partial charge in [0.25, 0.3) is 0 Å². The Bertz CT molecular complexity index is 293. The molecule has 0 aromatic rings. The van der Waals surface area contributed by atoms with Gasteiger partial charge in [0.05, 0.1) is 12.8 Å². The van der Waals surface area contributed by atoms with Crippen LogP contribution in [0.25, 0.3) is 0 Å². The Balaban J connectivity index is 2.66. The lowest BCUT2D eigenvalue weighted by Crippen LogP contribution is -2.64. The minimum Gasteiger partial charge on any atom is -0.394 e. The average molecular weight is 283 g/mol. The van der Waals surface area contributed by atoms with Crippen LogP contribution in [0.15, 0.2) is 0 Å². The second-order valence-corrected chi connectivity index (χ2v) is 4.96. The maximum absolute atomic E-state index is 11.3. The Morgan fingerprint density at radius 1 is 1.35 bits per heavy atom. The van der Waals surface area contributed by atoms with Crippen LogP contribution >= 0.6 is 7.36 Å². The molecule has 0 aliphatic carbocycles. The van der Waals surface area contributed by atoms with E-state index in [-0.39, 0.29) is 6.16 Å². The van der Waals surface area contributed by atoms with Crippen molar-refractivity contribution in [1.82, 2.24) is 5.32 Å². The summed E-state index contributed by atoms with van der Waals surface area (Å²) >= 11 is 4.59. The normalized spacial score (nSPS) is 38.0. The lowest BCUT2D eigenvalue weighted by molar-refractivity contribution is -0.253. The van der Waals surface area contributed by atoms with Crippen molar-refractivity contribution in [2.75, 3.05) is 12.8 Å². The summed E-state index contributed by atoms with van der Waals surface area (Å²) in [6, 6.07) is -1.14. The number of hydrogen-bond donors (Lipinski definition) is 5. The predicted octanol–water partition coefficient (Wildman–Crippen LogP) is -2.69. The number of aliphatic hydroxyl groups is 4. The molecule has 9 heteroatoms. The van der Waals surface area contributed by atoms with Crippen LogP contribution in [0.4, 0.5) is 0 Å². The second-order valence-electron chi connectivity index (χ2n) is 3.61. The van der Waals surface area contributed by atoms with Crippen LogP contribution in [-0.2, 0) is 21.3 Å². The fourth-order valence-corrected chi connectivity index (χ4v) is 2.10. The molecule has 1 rings (SSSR count). The van der Waals surface area contributed by atoms with Gasteiger partial charge in [0, 0.05) is 0 Å². The third kappa shape index (κ3) is 3.62. The number of amides is 1. The molecule has 5 unspecified atom stereocenters. The lowest BCUT2D eigenvalue weighted by Gasteiger charge is -2.40. The van der Waals surface area contributed by atoms with Gasteiger partial charge in [0.2, 0.25) is 5.91 Å². The Morgan fingerprint density at radius 3 is 2.53 bits per heavy atom. The number of carbonyl (C=O) groups excluding carboxylic acids is 1. The third-order valence-electron chi connectivity index (χ3n) is 2.44. The fraction of sp³-hybridized carbons (Fsp3) is 0.875. The number of carbonyl (C=O) groups is 1. The van der Waals surface area contributed by atoms with E-state index in [9.17, 15) is 20.1 Å². The second kappa shape index (κ2) is 6.65. The van der Waals surface area contributed by atoms with Crippen LogP contribution < -0.4 is 5.32 Å². The van der Waals surface area contributed by atoms with Crippen molar-refractivity contribution in [3.05, 3.63) is 0 Å². The van der Waals surface area contributed by atoms with Gasteiger partial charge in [0.1, 0.15) is 24.4 Å². The number of hydrogen-bond acceptors (Lipinski definition) is 7. The topological polar surface area (TPSA) is 119 Å². The van der Waals surface area contributed by atoms with Gasteiger partial charge >= 0.3 is 0 Å². The van der Waals surface area contributed by atoms with Gasteiger partial charge in [-0.25, -0.2) is 0 Å². The molecule has 1 aliphatic rings. The van der Waals surface area contributed by atoms with E-state index >= 15 is 0 Å². The van der Waals surface area contributed by atoms with Crippen LogP contribution in [0.3, 0.4) is 0 Å². The Hall–Kier alpha value is -0.210. The van der Waals surface area contributed by atoms with Crippen molar-refractivity contribution in [2.45, 2.75) is 30.6 Å². The van der Waals surface area contributed by atoms with E-state index < -0.39 is 43.2 Å². The van der Waals surface area contributed by atoms with Crippen molar-refractivity contribution in [3.8, 4) is 0 Å². The number of nitrogens with one attached hydrogen (secondary N) is 1. The maximum atomic E-state index is 11.3. The highest BCUT2D eigenvalue weighted by Crippen LogP contribution is 2.19. The molecule has 7 nitrogen and oxygen atoms in total. The van der Waals surface area contributed by atoms with E-state index in [1.807, 2.05) is 0 Å². The summed E-state index contributed by atoms with van der Waals surface area (Å²) in [5, 5.41) is 39.9. The Morgan fingerprint density at radius 2 is 2.00 bits per heavy atom. The minimum atomic E-state index is -1.49. The average Bonchev–Trinajstić information content (AvgIpc) is 2.29. The zero-order valence-corrected chi connectivity index (χ0v) is 10.5. The molecule has 0 aromatic heterocycles. The summed E-state index contributed by atoms with van der Waals surface area (Å²) in [5.74, 6) is -0.456. The first-order valence-electron chi connectivity index (χ1n) is 4.90. The summed E-state index contributed by atoms with van der Waals surface area (Å²) in [5.41, 5.74) is 0. The highest BCUT2D eigenvalue weighted by atomic mass is 32.4. The molecule has 0 saturated carbocycles. The third-order valence-corrected chi connectivity index (χ3v) is 3.24. The summed E-state index contributed by atoms with van der Waals surface area (Å²) in [6.45, 7) is -0.541. The summed E-state index contributed by atoms with van der Waals surface area (Å²) in [6.07, 6.45) is -5.32. The first kappa shape index (κ1) is 14.8. The first-order chi connectivity index (χ1) is 8.01. The zero-order chi connectivity index (χ0) is 13.0. The largest absolute Gasteiger partial charge is 0.394 e. The van der Waals surface area contributed by atoms with Crippen molar-refractivity contribution < 1.29 is 30.0 Å². The van der Waals surface area contributed by atoms with Crippen molar-refractivity contribution in [1.29, 1.82) is 0 Å². The van der Waals surface area contributed by atoms with Gasteiger partial charge in [-0.2, -0.15) is 0 Å². The van der Waals surface area contributed by atoms with Gasteiger partial charge < -0.3 is 30.5 Å². The van der Waals surface area contributed by atoms with Crippen molar-refractivity contribution in [2.24, 2.45) is 0 Å². The smallest absolute Gasteiger partial charge is 0.229 e. The van der Waals surface area contributed by atoms with Crippen LogP contribution in [0, 0.1) is 0 Å². The van der Waals surface area contributed by atoms with E-state index in [4.69, 9.17) is 9.84 Å². The van der Waals surface area contributed by atoms with Gasteiger partial charge in [0.15, 0.2) is 6.29 Å². The monoisotopic (exact) mass is 283 g/mol. The molecule has 1 heterocycles. The zero-order valence-electron chi connectivity index (χ0n) is 8.76. The van der Waals surface area contributed by atoms with Gasteiger partial charge in [-0.3, -0.25) is 4.79 Å². The minimum absolute atomic E-state index is 0.0464. The molecule has 1 saturated heterocycles. The Kier molecular flexibility index (Phi) is 5.81. The molecule has 1 fully saturated rings. The predicted molar refractivity (Wildman–Crippen MR) is 61.1 cm³/mol. The van der Waals surface area contributed by atoms with Gasteiger partial charge in [-0.15, -0.1) is 0 Å². The molecule has 1 amide bonds. The molecular formula is C8H14NO6PS. The lowest BCUT2D eigenvalue weighted by atomic mass is 9.97. The number of aliphatic hydroxyl groups excluding tert-OH is 4. The van der Waals surface area contributed by atoms with Crippen molar-refractivity contribution >= 4 is 25.1 Å². The molecular weight excluding hydrogens is 269 g/mol. The summed E-state index contributed by atoms with van der Waals surface area (Å²) < 4.78 is 4.86. The highest BCUT2D eigenvalue weighted by Gasteiger charge is 2.44. The molecule has 17 heavy (non-hydrogen) atoms. The molecule has 0 spiro atoms. The maximum Gasteiger partial charge on any atom is 0.229 e. The first-order valence-corrected chi connectivity index (χ1v) is 6.99. The van der Waals surface area contributed by atoms with E-state index in [0.717, 1.165) is 0 Å². The summed E-state index contributed by atoms with van der Waals surface area (Å²) in [4.78, 5) is 11.3. The van der Waals surface area contributed by atoms with E-state index in [2.05, 4.69) is 17.1 Å². The van der Waals surface area contributed by atoms with Crippen LogP contribution in [0.1, 0.15) is 0 Å². The molecule has 0 aromatic carbocycles. The number of rotatable bonds is 4. The van der Waals surface area contributed by atoms with Crippen LogP contribution in [0.2, 0.25) is 0 Å². The van der Waals surface area contributed by atoms with Crippen molar-refractivity contribution in [3.63, 3.8) is 0 Å². The molecule has 0 bridgehead atoms. The molecule has 1 aliphatic heterocycles. The van der Waals surface area contributed by atoms with E-state index in [0.29, 0.717) is 7.36 Å². The number of ether oxygens (including phenoxy) is 1. The highest BCUT2D eigenvalue weighted by molar-refractivity contribution is 7.96. The molecule has 98 valence electrons. The van der Waals surface area contributed by atoms with Crippen LogP contribution in [0.5, 0.6) is 0 Å². The quantitative estimate of drug-likeness (QED) is 0.356. The van der Waals surface area contributed by atoms with Crippen LogP contribution in [-0.4, -0.2) is 69.7 Å². The fourth-order valence-electron chi connectivity index (χ4n) is 1.54. The van der Waals surface area contributed by atoms with Gasteiger partial charge in [-0.05, 0) is 7.36 Å². The van der Waals surface area contributed by atoms with E-state index in [1.54, 1.807) is 0 Å². The standard InChI is InChI=1S/C8H14NO6PS/c10-1-3-6(12)7(13)5(8(14)15-3)9-4(11)2-16-17/h3,5-8,10,12-14H,1-2H2,(H,9,11). The molecule has 5 N–H and O–H groups in total. The van der Waals surface area contributed by atoms with E-state index in [1.165, 1.54) is 0 Å². The Labute approximate surface area is 104 Å². The van der Waals surface area contributed by atoms with Gasteiger partial charge in [-0.1, -0.05) is 11.8 Å². The molecule has 0 radical (unpaired) electrons.